The molecular formula is C18H24Cl3N3O2S. The smallest absolute Gasteiger partial charge is 0.235 e. The maximum absolute atomic E-state index is 12.5. The van der Waals surface area contributed by atoms with Gasteiger partial charge in [0.25, 0.3) is 0 Å². The van der Waals surface area contributed by atoms with Crippen molar-refractivity contribution in [2.75, 3.05) is 26.2 Å². The van der Waals surface area contributed by atoms with Gasteiger partial charge in [-0.25, -0.2) is 4.98 Å². The van der Waals surface area contributed by atoms with E-state index in [1.807, 2.05) is 36.1 Å². The Bertz CT molecular complexity index is 704. The molecule has 0 radical (unpaired) electrons. The molecule has 1 aliphatic heterocycles. The Labute approximate surface area is 181 Å². The van der Waals surface area contributed by atoms with Crippen LogP contribution in [0.25, 0.3) is 11.3 Å². The fourth-order valence-corrected chi connectivity index (χ4v) is 3.66. The van der Waals surface area contributed by atoms with Crippen molar-refractivity contribution in [1.82, 2.24) is 15.2 Å². The molecule has 0 spiro atoms. The van der Waals surface area contributed by atoms with Crippen molar-refractivity contribution in [3.63, 3.8) is 0 Å². The maximum Gasteiger partial charge on any atom is 0.235 e. The van der Waals surface area contributed by atoms with Gasteiger partial charge >= 0.3 is 0 Å². The van der Waals surface area contributed by atoms with Gasteiger partial charge in [-0.2, -0.15) is 0 Å². The van der Waals surface area contributed by atoms with Crippen LogP contribution >= 0.6 is 48.2 Å². The molecule has 0 aliphatic carbocycles. The van der Waals surface area contributed by atoms with Crippen LogP contribution in [0.15, 0.2) is 34.9 Å². The maximum atomic E-state index is 12.5. The highest BCUT2D eigenvalue weighted by Crippen LogP contribution is 2.25. The number of nitrogens with one attached hydrogen (secondary N) is 1. The zero-order valence-electron chi connectivity index (χ0n) is 15.0. The summed E-state index contributed by atoms with van der Waals surface area (Å²) in [6.45, 7) is 5.41. The second-order valence-corrected chi connectivity index (χ2v) is 7.77. The molecule has 1 aromatic heterocycles. The molecule has 3 rings (SSSR count). The number of halogens is 3. The lowest BCUT2D eigenvalue weighted by Crippen LogP contribution is -2.38. The van der Waals surface area contributed by atoms with E-state index in [0.717, 1.165) is 38.2 Å². The Morgan fingerprint density at radius 1 is 1.30 bits per heavy atom. The number of hydrogen-bond acceptors (Lipinski definition) is 5. The number of thioether (sulfide) groups is 1. The fraction of sp³-hybridized carbons (Fsp3) is 0.444. The molecule has 1 aromatic carbocycles. The van der Waals surface area contributed by atoms with Crippen LogP contribution in [0.2, 0.25) is 5.02 Å². The third-order valence-corrected chi connectivity index (χ3v) is 5.51. The van der Waals surface area contributed by atoms with Crippen molar-refractivity contribution in [2.45, 2.75) is 24.3 Å². The van der Waals surface area contributed by atoms with Gasteiger partial charge in [-0.05, 0) is 44.2 Å². The lowest BCUT2D eigenvalue weighted by molar-refractivity contribution is -0.130. The molecule has 1 saturated heterocycles. The number of oxazole rings is 1. The summed E-state index contributed by atoms with van der Waals surface area (Å²) in [5.41, 5.74) is 0.939. The lowest BCUT2D eigenvalue weighted by Gasteiger charge is -2.23. The number of nitrogens with zero attached hydrogens (tertiary/aromatic N) is 2. The van der Waals surface area contributed by atoms with Gasteiger partial charge in [0.2, 0.25) is 11.8 Å². The average Bonchev–Trinajstić information content (AvgIpc) is 2.93. The molecule has 1 amide bonds. The molecular weight excluding hydrogens is 429 g/mol. The predicted molar refractivity (Wildman–Crippen MR) is 116 cm³/mol. The Hall–Kier alpha value is -0.920. The number of rotatable bonds is 5. The topological polar surface area (TPSA) is 58.4 Å². The number of aromatic nitrogens is 1. The fourth-order valence-electron chi connectivity index (χ4n) is 2.72. The summed E-state index contributed by atoms with van der Waals surface area (Å²) in [7, 11) is 0. The second-order valence-electron chi connectivity index (χ2n) is 6.01. The minimum atomic E-state index is -0.107. The zero-order valence-corrected chi connectivity index (χ0v) is 18.2. The number of hydrogen-bond donors (Lipinski definition) is 1. The van der Waals surface area contributed by atoms with Crippen LogP contribution in [0.5, 0.6) is 0 Å². The van der Waals surface area contributed by atoms with E-state index in [0.29, 0.717) is 22.4 Å². The van der Waals surface area contributed by atoms with Crippen LogP contribution in [0, 0.1) is 0 Å². The summed E-state index contributed by atoms with van der Waals surface area (Å²) in [6.07, 6.45) is 2.72. The van der Waals surface area contributed by atoms with Crippen LogP contribution in [0.3, 0.4) is 0 Å². The highest BCUT2D eigenvalue weighted by atomic mass is 35.5. The molecule has 1 atom stereocenters. The quantitative estimate of drug-likeness (QED) is 0.733. The molecule has 2 aromatic rings. The minimum absolute atomic E-state index is 0. The highest BCUT2D eigenvalue weighted by molar-refractivity contribution is 7.99. The Kier molecular flexibility index (Phi) is 10.6. The van der Waals surface area contributed by atoms with Crippen molar-refractivity contribution in [3.05, 3.63) is 41.4 Å². The van der Waals surface area contributed by atoms with Crippen LogP contribution < -0.4 is 5.32 Å². The van der Waals surface area contributed by atoms with Crippen molar-refractivity contribution in [2.24, 2.45) is 0 Å². The van der Waals surface area contributed by atoms with Crippen LogP contribution in [0.1, 0.15) is 19.2 Å². The zero-order chi connectivity index (χ0) is 17.6. The minimum Gasteiger partial charge on any atom is -0.440 e. The van der Waals surface area contributed by atoms with Gasteiger partial charge in [-0.15, -0.1) is 36.6 Å². The van der Waals surface area contributed by atoms with E-state index < -0.39 is 0 Å². The number of carbonyl (C=O) groups is 1. The van der Waals surface area contributed by atoms with E-state index in [2.05, 4.69) is 10.3 Å². The van der Waals surface area contributed by atoms with Gasteiger partial charge in [0, 0.05) is 30.2 Å². The van der Waals surface area contributed by atoms with E-state index in [1.54, 1.807) is 18.0 Å². The molecule has 27 heavy (non-hydrogen) atoms. The Balaban J connectivity index is 0.00000182. The van der Waals surface area contributed by atoms with Gasteiger partial charge in [-0.1, -0.05) is 11.6 Å². The molecule has 5 nitrogen and oxygen atoms in total. The molecule has 1 unspecified atom stereocenters. The summed E-state index contributed by atoms with van der Waals surface area (Å²) < 4.78 is 5.80. The largest absolute Gasteiger partial charge is 0.440 e. The standard InChI is InChI=1S/C18H22ClN3O2S.2ClH/c1-13(18(23)22-9-2-7-20-8-10-22)25-12-17-21-11-16(24-17)14-3-5-15(19)6-4-14;;/h3-6,11,13,20H,2,7-10,12H2,1H3;2*1H. The normalized spacial score (nSPS) is 15.3. The predicted octanol–water partition coefficient (Wildman–Crippen LogP) is 4.28. The van der Waals surface area contributed by atoms with Crippen molar-refractivity contribution in [1.29, 1.82) is 0 Å². The van der Waals surface area contributed by atoms with Crippen LogP contribution in [-0.2, 0) is 10.5 Å². The molecule has 9 heteroatoms. The molecule has 1 fully saturated rings. The third kappa shape index (κ3) is 6.88. The number of benzene rings is 1. The number of carbonyl (C=O) groups excluding carboxylic acids is 1. The first-order chi connectivity index (χ1) is 12.1. The summed E-state index contributed by atoms with van der Waals surface area (Å²) in [5.74, 6) is 2.11. The van der Waals surface area contributed by atoms with Crippen LogP contribution in [-0.4, -0.2) is 47.2 Å². The lowest BCUT2D eigenvalue weighted by atomic mass is 10.2. The van der Waals surface area contributed by atoms with Crippen LogP contribution in [0.4, 0.5) is 0 Å². The van der Waals surface area contributed by atoms with E-state index in [4.69, 9.17) is 16.0 Å². The van der Waals surface area contributed by atoms with Crippen molar-refractivity contribution < 1.29 is 9.21 Å². The molecule has 0 bridgehead atoms. The average molecular weight is 453 g/mol. The van der Waals surface area contributed by atoms with Gasteiger partial charge in [0.15, 0.2) is 5.76 Å². The Morgan fingerprint density at radius 3 is 2.78 bits per heavy atom. The van der Waals surface area contributed by atoms with Gasteiger partial charge in [0.05, 0.1) is 17.2 Å². The molecule has 1 aliphatic rings. The first kappa shape index (κ1) is 24.1. The molecule has 2 heterocycles. The molecule has 0 saturated carbocycles. The summed E-state index contributed by atoms with van der Waals surface area (Å²) in [6, 6.07) is 7.45. The third-order valence-electron chi connectivity index (χ3n) is 4.14. The summed E-state index contributed by atoms with van der Waals surface area (Å²) in [5, 5.41) is 3.90. The summed E-state index contributed by atoms with van der Waals surface area (Å²) >= 11 is 7.46. The van der Waals surface area contributed by atoms with E-state index in [1.165, 1.54) is 0 Å². The Morgan fingerprint density at radius 2 is 2.04 bits per heavy atom. The van der Waals surface area contributed by atoms with Gasteiger partial charge in [0.1, 0.15) is 0 Å². The van der Waals surface area contributed by atoms with E-state index >= 15 is 0 Å². The van der Waals surface area contributed by atoms with Crippen molar-refractivity contribution in [3.8, 4) is 11.3 Å². The SMILES string of the molecule is CC(SCc1ncc(-c2ccc(Cl)cc2)o1)C(=O)N1CCCNCC1.Cl.Cl. The second kappa shape index (κ2) is 11.8. The number of amides is 1. The van der Waals surface area contributed by atoms with E-state index in [-0.39, 0.29) is 36.0 Å². The van der Waals surface area contributed by atoms with Gasteiger partial charge in [-0.3, -0.25) is 4.79 Å². The first-order valence-corrected chi connectivity index (χ1v) is 9.88. The molecule has 1 N–H and O–H groups in total. The first-order valence-electron chi connectivity index (χ1n) is 8.45. The van der Waals surface area contributed by atoms with Gasteiger partial charge < -0.3 is 14.6 Å². The highest BCUT2D eigenvalue weighted by Gasteiger charge is 2.22. The summed E-state index contributed by atoms with van der Waals surface area (Å²) in [4.78, 5) is 18.8. The molecule has 150 valence electrons. The monoisotopic (exact) mass is 451 g/mol. The van der Waals surface area contributed by atoms with E-state index in [9.17, 15) is 4.79 Å². The van der Waals surface area contributed by atoms with Crippen molar-refractivity contribution >= 4 is 54.1 Å².